The van der Waals surface area contributed by atoms with Crippen LogP contribution in [0.15, 0.2) is 47.6 Å². The number of fused-ring (bicyclic) bond motifs is 1. The zero-order valence-corrected chi connectivity index (χ0v) is 13.9. The smallest absolute Gasteiger partial charge is 0.213 e. The van der Waals surface area contributed by atoms with E-state index in [1.807, 2.05) is 24.3 Å². The van der Waals surface area contributed by atoms with Gasteiger partial charge in [0.25, 0.3) is 0 Å². The Hall–Kier alpha value is -2.47. The van der Waals surface area contributed by atoms with Crippen molar-refractivity contribution in [1.29, 1.82) is 0 Å². The Labute approximate surface area is 145 Å². The number of hydrogen-bond donors (Lipinski definition) is 2. The van der Waals surface area contributed by atoms with Crippen LogP contribution >= 0.6 is 11.6 Å². The second kappa shape index (κ2) is 7.88. The Kier molecular flexibility index (Phi) is 5.38. The van der Waals surface area contributed by atoms with Crippen molar-refractivity contribution in [1.82, 2.24) is 10.3 Å². The fourth-order valence-electron chi connectivity index (χ4n) is 2.48. The van der Waals surface area contributed by atoms with E-state index < -0.39 is 0 Å². The average molecular weight is 347 g/mol. The summed E-state index contributed by atoms with van der Waals surface area (Å²) in [6.45, 7) is 1.49. The molecule has 0 bridgehead atoms. The maximum absolute atomic E-state index is 5.97. The first-order valence-electron chi connectivity index (χ1n) is 7.75. The van der Waals surface area contributed by atoms with Gasteiger partial charge in [-0.25, -0.2) is 9.98 Å². The molecule has 6 nitrogen and oxygen atoms in total. The van der Waals surface area contributed by atoms with Crippen molar-refractivity contribution in [3.8, 4) is 11.6 Å². The summed E-state index contributed by atoms with van der Waals surface area (Å²) >= 11 is 5.77. The van der Waals surface area contributed by atoms with Gasteiger partial charge < -0.3 is 20.5 Å². The number of guanidine groups is 1. The van der Waals surface area contributed by atoms with E-state index >= 15 is 0 Å². The predicted octanol–water partition coefficient (Wildman–Crippen LogP) is 2.54. The molecule has 3 rings (SSSR count). The highest BCUT2D eigenvalue weighted by molar-refractivity contribution is 6.30. The minimum Gasteiger partial charge on any atom is -0.493 e. The molecule has 2 aromatic rings. The molecule has 2 heterocycles. The Morgan fingerprint density at radius 2 is 2.25 bits per heavy atom. The predicted molar refractivity (Wildman–Crippen MR) is 93.7 cm³/mol. The number of benzene rings is 1. The van der Waals surface area contributed by atoms with E-state index in [0.717, 1.165) is 17.7 Å². The van der Waals surface area contributed by atoms with Gasteiger partial charge in [0.2, 0.25) is 5.88 Å². The summed E-state index contributed by atoms with van der Waals surface area (Å²) in [5.41, 5.74) is 7.07. The van der Waals surface area contributed by atoms with E-state index in [1.54, 1.807) is 18.3 Å². The van der Waals surface area contributed by atoms with Gasteiger partial charge >= 0.3 is 0 Å². The molecule has 1 aromatic carbocycles. The first-order valence-corrected chi connectivity index (χ1v) is 8.13. The van der Waals surface area contributed by atoms with Crippen molar-refractivity contribution in [2.45, 2.75) is 12.5 Å². The Morgan fingerprint density at radius 3 is 3.08 bits per heavy atom. The van der Waals surface area contributed by atoms with E-state index in [9.17, 15) is 0 Å². The van der Waals surface area contributed by atoms with Crippen LogP contribution < -0.4 is 20.5 Å². The Balaban J connectivity index is 1.49. The number of nitrogens with one attached hydrogen (secondary N) is 1. The van der Waals surface area contributed by atoms with Crippen LogP contribution in [0.2, 0.25) is 5.02 Å². The van der Waals surface area contributed by atoms with E-state index in [2.05, 4.69) is 15.3 Å². The van der Waals surface area contributed by atoms with Gasteiger partial charge in [0.1, 0.15) is 12.4 Å². The molecule has 24 heavy (non-hydrogen) atoms. The lowest BCUT2D eigenvalue weighted by Gasteiger charge is -2.26. The minimum atomic E-state index is 0.109. The molecule has 0 saturated heterocycles. The largest absolute Gasteiger partial charge is 0.493 e. The number of nitrogens with two attached hydrogens (primary N) is 1. The molecule has 0 fully saturated rings. The zero-order valence-electron chi connectivity index (χ0n) is 13.1. The van der Waals surface area contributed by atoms with Crippen LogP contribution in [-0.2, 0) is 0 Å². The van der Waals surface area contributed by atoms with Crippen molar-refractivity contribution in [3.05, 3.63) is 53.2 Å². The maximum Gasteiger partial charge on any atom is 0.213 e. The summed E-state index contributed by atoms with van der Waals surface area (Å²) in [4.78, 5) is 8.34. The monoisotopic (exact) mass is 346 g/mol. The third kappa shape index (κ3) is 4.29. The number of aliphatic imine (C=N–C) groups is 1. The van der Waals surface area contributed by atoms with Gasteiger partial charge in [-0.2, -0.15) is 0 Å². The summed E-state index contributed by atoms with van der Waals surface area (Å²) in [6.07, 6.45) is 2.39. The first-order chi connectivity index (χ1) is 11.7. The normalized spacial score (nSPS) is 16.9. The SMILES string of the molecule is NC(=NCCOc1ccc(Cl)cn1)NC1CCOc2ccccc21. The summed E-state index contributed by atoms with van der Waals surface area (Å²) < 4.78 is 11.1. The molecule has 0 radical (unpaired) electrons. The average Bonchev–Trinajstić information content (AvgIpc) is 2.61. The molecule has 0 amide bonds. The van der Waals surface area contributed by atoms with Gasteiger partial charge in [0.05, 0.1) is 24.2 Å². The molecule has 0 aliphatic carbocycles. The van der Waals surface area contributed by atoms with Crippen LogP contribution in [0.5, 0.6) is 11.6 Å². The number of ether oxygens (including phenoxy) is 2. The second-order valence-electron chi connectivity index (χ2n) is 5.30. The summed E-state index contributed by atoms with van der Waals surface area (Å²) in [5, 5.41) is 3.81. The lowest BCUT2D eigenvalue weighted by molar-refractivity contribution is 0.262. The fourth-order valence-corrected chi connectivity index (χ4v) is 2.59. The number of halogens is 1. The van der Waals surface area contributed by atoms with Gasteiger partial charge in [-0.05, 0) is 12.1 Å². The van der Waals surface area contributed by atoms with Crippen LogP contribution in [0.3, 0.4) is 0 Å². The highest BCUT2D eigenvalue weighted by atomic mass is 35.5. The van der Waals surface area contributed by atoms with Crippen molar-refractivity contribution >= 4 is 17.6 Å². The number of hydrogen-bond acceptors (Lipinski definition) is 4. The molecule has 3 N–H and O–H groups in total. The third-order valence-electron chi connectivity index (χ3n) is 3.60. The number of pyridine rings is 1. The van der Waals surface area contributed by atoms with E-state index in [4.69, 9.17) is 26.8 Å². The molecule has 0 saturated carbocycles. The minimum absolute atomic E-state index is 0.109. The summed E-state index contributed by atoms with van der Waals surface area (Å²) in [5.74, 6) is 1.80. The van der Waals surface area contributed by atoms with Gasteiger partial charge in [0.15, 0.2) is 5.96 Å². The molecule has 1 unspecified atom stereocenters. The van der Waals surface area contributed by atoms with Crippen LogP contribution in [0.4, 0.5) is 0 Å². The quantitative estimate of drug-likeness (QED) is 0.494. The highest BCUT2D eigenvalue weighted by Gasteiger charge is 2.21. The second-order valence-corrected chi connectivity index (χ2v) is 5.74. The molecule has 1 atom stereocenters. The van der Waals surface area contributed by atoms with Gasteiger partial charge in [0, 0.05) is 24.2 Å². The lowest BCUT2D eigenvalue weighted by atomic mass is 10.0. The van der Waals surface area contributed by atoms with Crippen LogP contribution in [-0.4, -0.2) is 30.7 Å². The van der Waals surface area contributed by atoms with Crippen molar-refractivity contribution in [2.75, 3.05) is 19.8 Å². The molecule has 1 aliphatic heterocycles. The summed E-state index contributed by atoms with van der Waals surface area (Å²) in [7, 11) is 0. The van der Waals surface area contributed by atoms with Gasteiger partial charge in [-0.1, -0.05) is 29.8 Å². The summed E-state index contributed by atoms with van der Waals surface area (Å²) in [6, 6.07) is 11.5. The lowest BCUT2D eigenvalue weighted by Crippen LogP contribution is -2.37. The molecule has 1 aromatic heterocycles. The maximum atomic E-state index is 5.97. The highest BCUT2D eigenvalue weighted by Crippen LogP contribution is 2.31. The Bertz CT molecular complexity index is 706. The van der Waals surface area contributed by atoms with E-state index in [-0.39, 0.29) is 6.04 Å². The molecule has 7 heteroatoms. The van der Waals surface area contributed by atoms with Crippen LogP contribution in [0, 0.1) is 0 Å². The van der Waals surface area contributed by atoms with Crippen molar-refractivity contribution in [2.24, 2.45) is 10.7 Å². The number of rotatable bonds is 5. The molecule has 0 spiro atoms. The molecule has 1 aliphatic rings. The van der Waals surface area contributed by atoms with E-state index in [0.29, 0.717) is 36.6 Å². The van der Waals surface area contributed by atoms with Crippen LogP contribution in [0.25, 0.3) is 0 Å². The van der Waals surface area contributed by atoms with E-state index in [1.165, 1.54) is 0 Å². The molecule has 126 valence electrons. The number of nitrogens with zero attached hydrogens (tertiary/aromatic N) is 2. The topological polar surface area (TPSA) is 81.8 Å². The standard InChI is InChI=1S/C17H19ClN4O2/c18-12-5-6-16(21-11-12)24-10-8-20-17(19)22-14-7-9-23-15-4-2-1-3-13(14)15/h1-6,11,14H,7-10H2,(H3,19,20,22). The molecular formula is C17H19ClN4O2. The number of para-hydroxylation sites is 1. The van der Waals surface area contributed by atoms with Gasteiger partial charge in [-0.3, -0.25) is 0 Å². The Morgan fingerprint density at radius 1 is 1.38 bits per heavy atom. The molecular weight excluding hydrogens is 328 g/mol. The zero-order chi connectivity index (χ0) is 16.8. The van der Waals surface area contributed by atoms with Crippen molar-refractivity contribution in [3.63, 3.8) is 0 Å². The first kappa shape index (κ1) is 16.4. The fraction of sp³-hybridized carbons (Fsp3) is 0.294. The third-order valence-corrected chi connectivity index (χ3v) is 3.83. The van der Waals surface area contributed by atoms with Crippen LogP contribution in [0.1, 0.15) is 18.0 Å². The van der Waals surface area contributed by atoms with Crippen molar-refractivity contribution < 1.29 is 9.47 Å². The van der Waals surface area contributed by atoms with Gasteiger partial charge in [-0.15, -0.1) is 0 Å². The number of aromatic nitrogens is 1.